The van der Waals surface area contributed by atoms with Gasteiger partial charge in [-0.05, 0) is 24.6 Å². The lowest BCUT2D eigenvalue weighted by Gasteiger charge is -2.09. The van der Waals surface area contributed by atoms with Crippen LogP contribution >= 0.6 is 0 Å². The minimum atomic E-state index is -4.70. The van der Waals surface area contributed by atoms with Gasteiger partial charge in [0.15, 0.2) is 0 Å². The Kier molecular flexibility index (Phi) is 4.72. The molecule has 0 aliphatic carbocycles. The maximum Gasteiger partial charge on any atom is 0.573 e. The molecular weight excluding hydrogens is 247 g/mol. The number of benzene rings is 1. The molecule has 0 fully saturated rings. The van der Waals surface area contributed by atoms with Crippen LogP contribution in [0.5, 0.6) is 5.75 Å². The fourth-order valence-corrected chi connectivity index (χ4v) is 1.47. The molecule has 0 bridgehead atoms. The molecule has 3 nitrogen and oxygen atoms in total. The molecule has 0 heterocycles. The molecule has 0 aliphatic rings. The number of Topliss-reactive ketones (excluding diaryl/α,β-unsaturated/α-hetero) is 1. The summed E-state index contributed by atoms with van der Waals surface area (Å²) in [5.74, 6) is -0.347. The van der Waals surface area contributed by atoms with Crippen LogP contribution in [0.2, 0.25) is 0 Å². The summed E-state index contributed by atoms with van der Waals surface area (Å²) >= 11 is 0. The van der Waals surface area contributed by atoms with E-state index < -0.39 is 6.36 Å². The average molecular weight is 261 g/mol. The standard InChI is InChI=1S/C12H14F3NO2/c1-8(16)6-10(17)7-9-2-4-11(5-3-9)18-12(13,14)15/h2-5,8H,6-7,16H2,1H3. The van der Waals surface area contributed by atoms with Crippen LogP contribution in [0.1, 0.15) is 18.9 Å². The first-order valence-electron chi connectivity index (χ1n) is 5.38. The van der Waals surface area contributed by atoms with Gasteiger partial charge >= 0.3 is 6.36 Å². The number of carbonyl (C=O) groups is 1. The van der Waals surface area contributed by atoms with Crippen molar-refractivity contribution in [1.82, 2.24) is 0 Å². The quantitative estimate of drug-likeness (QED) is 0.885. The van der Waals surface area contributed by atoms with Crippen LogP contribution in [0.15, 0.2) is 24.3 Å². The Labute approximate surface area is 103 Å². The fourth-order valence-electron chi connectivity index (χ4n) is 1.47. The summed E-state index contributed by atoms with van der Waals surface area (Å²) in [6.45, 7) is 1.72. The summed E-state index contributed by atoms with van der Waals surface area (Å²) < 4.78 is 39.4. The number of hydrogen-bond donors (Lipinski definition) is 1. The highest BCUT2D eigenvalue weighted by atomic mass is 19.4. The van der Waals surface area contributed by atoms with Crippen molar-refractivity contribution < 1.29 is 22.7 Å². The molecule has 1 atom stereocenters. The molecule has 1 unspecified atom stereocenters. The zero-order valence-corrected chi connectivity index (χ0v) is 9.83. The van der Waals surface area contributed by atoms with E-state index in [1.165, 1.54) is 24.3 Å². The molecule has 0 aromatic heterocycles. The minimum Gasteiger partial charge on any atom is -0.406 e. The Morgan fingerprint density at radius 1 is 1.33 bits per heavy atom. The molecule has 6 heteroatoms. The van der Waals surface area contributed by atoms with Crippen molar-refractivity contribution in [3.63, 3.8) is 0 Å². The first-order chi connectivity index (χ1) is 8.26. The van der Waals surface area contributed by atoms with E-state index in [-0.39, 0.29) is 30.4 Å². The van der Waals surface area contributed by atoms with Gasteiger partial charge in [-0.25, -0.2) is 0 Å². The molecule has 0 amide bonds. The number of alkyl halides is 3. The highest BCUT2D eigenvalue weighted by molar-refractivity contribution is 5.81. The molecule has 1 aromatic rings. The van der Waals surface area contributed by atoms with Crippen LogP contribution in [-0.4, -0.2) is 18.2 Å². The van der Waals surface area contributed by atoms with Crippen molar-refractivity contribution in [3.05, 3.63) is 29.8 Å². The number of rotatable bonds is 5. The Morgan fingerprint density at radius 2 is 1.89 bits per heavy atom. The van der Waals surface area contributed by atoms with E-state index in [4.69, 9.17) is 5.73 Å². The summed E-state index contributed by atoms with van der Waals surface area (Å²) in [5.41, 5.74) is 6.11. The maximum absolute atomic E-state index is 11.9. The van der Waals surface area contributed by atoms with Gasteiger partial charge in [-0.2, -0.15) is 0 Å². The van der Waals surface area contributed by atoms with Gasteiger partial charge in [0.1, 0.15) is 11.5 Å². The van der Waals surface area contributed by atoms with Crippen LogP contribution in [0.25, 0.3) is 0 Å². The van der Waals surface area contributed by atoms with Crippen LogP contribution in [0, 0.1) is 0 Å². The normalized spacial score (nSPS) is 13.2. The second-order valence-corrected chi connectivity index (χ2v) is 4.09. The molecule has 0 radical (unpaired) electrons. The molecule has 0 saturated carbocycles. The lowest BCUT2D eigenvalue weighted by molar-refractivity contribution is -0.274. The summed E-state index contributed by atoms with van der Waals surface area (Å²) in [4.78, 5) is 11.4. The number of halogens is 3. The van der Waals surface area contributed by atoms with Gasteiger partial charge in [0.05, 0.1) is 0 Å². The summed E-state index contributed by atoms with van der Waals surface area (Å²) in [5, 5.41) is 0. The van der Waals surface area contributed by atoms with E-state index in [0.29, 0.717) is 5.56 Å². The lowest BCUT2D eigenvalue weighted by Crippen LogP contribution is -2.20. The highest BCUT2D eigenvalue weighted by Crippen LogP contribution is 2.22. The first kappa shape index (κ1) is 14.5. The largest absolute Gasteiger partial charge is 0.573 e. The predicted molar refractivity (Wildman–Crippen MR) is 60.1 cm³/mol. The third-order valence-corrected chi connectivity index (χ3v) is 2.11. The van der Waals surface area contributed by atoms with Crippen molar-refractivity contribution >= 4 is 5.78 Å². The zero-order chi connectivity index (χ0) is 13.8. The Bertz CT molecular complexity index is 399. The molecule has 2 N–H and O–H groups in total. The smallest absolute Gasteiger partial charge is 0.406 e. The Hall–Kier alpha value is -1.56. The summed E-state index contributed by atoms with van der Waals surface area (Å²) in [6.07, 6.45) is -4.29. The molecule has 1 aromatic carbocycles. The van der Waals surface area contributed by atoms with E-state index in [1.807, 2.05) is 0 Å². The van der Waals surface area contributed by atoms with E-state index >= 15 is 0 Å². The summed E-state index contributed by atoms with van der Waals surface area (Å²) in [7, 11) is 0. The number of carbonyl (C=O) groups excluding carboxylic acids is 1. The molecule has 0 aliphatic heterocycles. The highest BCUT2D eigenvalue weighted by Gasteiger charge is 2.30. The fraction of sp³-hybridized carbons (Fsp3) is 0.417. The van der Waals surface area contributed by atoms with Crippen LogP contribution < -0.4 is 10.5 Å². The van der Waals surface area contributed by atoms with Gasteiger partial charge < -0.3 is 10.5 Å². The number of hydrogen-bond acceptors (Lipinski definition) is 3. The van der Waals surface area contributed by atoms with E-state index in [0.717, 1.165) is 0 Å². The second kappa shape index (κ2) is 5.86. The van der Waals surface area contributed by atoms with E-state index in [2.05, 4.69) is 4.74 Å². The van der Waals surface area contributed by atoms with Crippen molar-refractivity contribution in [2.24, 2.45) is 5.73 Å². The van der Waals surface area contributed by atoms with Gasteiger partial charge in [-0.15, -0.1) is 13.2 Å². The van der Waals surface area contributed by atoms with E-state index in [1.54, 1.807) is 6.92 Å². The monoisotopic (exact) mass is 261 g/mol. The molecule has 0 spiro atoms. The van der Waals surface area contributed by atoms with Gasteiger partial charge in [0.2, 0.25) is 0 Å². The number of ketones is 1. The topological polar surface area (TPSA) is 52.3 Å². The lowest BCUT2D eigenvalue weighted by atomic mass is 10.0. The average Bonchev–Trinajstić information content (AvgIpc) is 2.17. The molecule has 100 valence electrons. The van der Waals surface area contributed by atoms with Crippen molar-refractivity contribution in [2.45, 2.75) is 32.2 Å². The SMILES string of the molecule is CC(N)CC(=O)Cc1ccc(OC(F)(F)F)cc1. The number of nitrogens with two attached hydrogens (primary N) is 1. The van der Waals surface area contributed by atoms with Crippen molar-refractivity contribution in [1.29, 1.82) is 0 Å². The Morgan fingerprint density at radius 3 is 2.33 bits per heavy atom. The molecule has 0 saturated heterocycles. The van der Waals surface area contributed by atoms with E-state index in [9.17, 15) is 18.0 Å². The molecule has 1 rings (SSSR count). The third-order valence-electron chi connectivity index (χ3n) is 2.11. The van der Waals surface area contributed by atoms with Crippen molar-refractivity contribution in [3.8, 4) is 5.75 Å². The minimum absolute atomic E-state index is 0.0468. The predicted octanol–water partition coefficient (Wildman–Crippen LogP) is 2.43. The van der Waals surface area contributed by atoms with Crippen LogP contribution in [0.4, 0.5) is 13.2 Å². The Balaban J connectivity index is 2.58. The maximum atomic E-state index is 11.9. The van der Waals surface area contributed by atoms with Gasteiger partial charge in [0.25, 0.3) is 0 Å². The van der Waals surface area contributed by atoms with Gasteiger partial charge in [-0.1, -0.05) is 12.1 Å². The molecule has 18 heavy (non-hydrogen) atoms. The van der Waals surface area contributed by atoms with Gasteiger partial charge in [0, 0.05) is 18.9 Å². The van der Waals surface area contributed by atoms with Gasteiger partial charge in [-0.3, -0.25) is 4.79 Å². The first-order valence-corrected chi connectivity index (χ1v) is 5.38. The second-order valence-electron chi connectivity index (χ2n) is 4.09. The number of ether oxygens (including phenoxy) is 1. The summed E-state index contributed by atoms with van der Waals surface area (Å²) in [6, 6.07) is 5.01. The molecular formula is C12H14F3NO2. The van der Waals surface area contributed by atoms with Crippen LogP contribution in [-0.2, 0) is 11.2 Å². The third kappa shape index (κ3) is 5.67. The van der Waals surface area contributed by atoms with Crippen molar-refractivity contribution in [2.75, 3.05) is 0 Å². The van der Waals surface area contributed by atoms with Crippen LogP contribution in [0.3, 0.4) is 0 Å². The zero-order valence-electron chi connectivity index (χ0n) is 9.83.